The molecule has 4 rings (SSSR count). The average molecular weight is 489 g/mol. The lowest BCUT2D eigenvalue weighted by Crippen LogP contribution is -2.47. The molecule has 2 N–H and O–H groups in total. The van der Waals surface area contributed by atoms with Crippen LogP contribution in [0.4, 0.5) is 11.4 Å². The second-order valence-corrected chi connectivity index (χ2v) is 9.68. The molecule has 174 valence electrons. The number of fused-ring (bicyclic) bond motifs is 1. The summed E-state index contributed by atoms with van der Waals surface area (Å²) in [6.45, 7) is 2.96. The molecule has 10 heteroatoms. The standard InChI is InChI=1S/C23H25ClN4O4S/c1-27-7-9-28(10-8-27)23(31)14-3-5-18(32-2)16(11-14)25-21(29)13-20-22(30)26-17-12-15(24)4-6-19(17)33-20/h3-6,11-12,20H,7-10,13H2,1-2H3,(H,25,29)(H,26,30). The Kier molecular flexibility index (Phi) is 7.11. The van der Waals surface area contributed by atoms with Crippen LogP contribution in [0.15, 0.2) is 41.3 Å². The third-order valence-electron chi connectivity index (χ3n) is 5.64. The van der Waals surface area contributed by atoms with E-state index >= 15 is 0 Å². The van der Waals surface area contributed by atoms with Crippen molar-refractivity contribution in [2.75, 3.05) is 51.0 Å². The van der Waals surface area contributed by atoms with Gasteiger partial charge in [0.2, 0.25) is 11.8 Å². The molecule has 0 aliphatic carbocycles. The number of anilines is 2. The molecule has 0 saturated carbocycles. The Labute approximate surface area is 201 Å². The lowest BCUT2D eigenvalue weighted by atomic mass is 10.1. The summed E-state index contributed by atoms with van der Waals surface area (Å²) < 4.78 is 5.37. The molecular formula is C23H25ClN4O4S. The zero-order chi connectivity index (χ0) is 23.5. The molecule has 0 bridgehead atoms. The van der Waals surface area contributed by atoms with Crippen molar-refractivity contribution in [2.45, 2.75) is 16.6 Å². The van der Waals surface area contributed by atoms with Crippen molar-refractivity contribution in [3.8, 4) is 5.75 Å². The summed E-state index contributed by atoms with van der Waals surface area (Å²) in [4.78, 5) is 43.1. The maximum absolute atomic E-state index is 12.9. The predicted molar refractivity (Wildman–Crippen MR) is 129 cm³/mol. The minimum Gasteiger partial charge on any atom is -0.495 e. The molecule has 1 saturated heterocycles. The van der Waals surface area contributed by atoms with Crippen LogP contribution < -0.4 is 15.4 Å². The van der Waals surface area contributed by atoms with Gasteiger partial charge in [0.25, 0.3) is 5.91 Å². The Bertz CT molecular complexity index is 1090. The fraction of sp³-hybridized carbons (Fsp3) is 0.348. The van der Waals surface area contributed by atoms with E-state index in [1.807, 2.05) is 13.1 Å². The molecule has 2 aliphatic rings. The number of methoxy groups -OCH3 is 1. The highest BCUT2D eigenvalue weighted by molar-refractivity contribution is 8.01. The molecular weight excluding hydrogens is 464 g/mol. The summed E-state index contributed by atoms with van der Waals surface area (Å²) in [5.41, 5.74) is 1.52. The van der Waals surface area contributed by atoms with E-state index in [1.165, 1.54) is 18.9 Å². The zero-order valence-electron chi connectivity index (χ0n) is 18.4. The summed E-state index contributed by atoms with van der Waals surface area (Å²) in [5, 5.41) is 5.56. The molecule has 2 heterocycles. The molecule has 33 heavy (non-hydrogen) atoms. The third-order valence-corrected chi connectivity index (χ3v) is 7.15. The van der Waals surface area contributed by atoms with E-state index in [4.69, 9.17) is 16.3 Å². The Morgan fingerprint density at radius 3 is 2.67 bits per heavy atom. The van der Waals surface area contributed by atoms with Crippen LogP contribution in [-0.4, -0.2) is 73.1 Å². The predicted octanol–water partition coefficient (Wildman–Crippen LogP) is 3.18. The highest BCUT2D eigenvalue weighted by Gasteiger charge is 2.29. The summed E-state index contributed by atoms with van der Waals surface area (Å²) >= 11 is 7.31. The number of halogens is 1. The minimum absolute atomic E-state index is 0.0294. The van der Waals surface area contributed by atoms with Crippen LogP contribution in [0.5, 0.6) is 5.75 Å². The number of benzene rings is 2. The molecule has 1 atom stereocenters. The summed E-state index contributed by atoms with van der Waals surface area (Å²) in [5.74, 6) is -0.240. The molecule has 2 aromatic carbocycles. The normalized spacial score (nSPS) is 18.3. The van der Waals surface area contributed by atoms with Crippen LogP contribution in [-0.2, 0) is 9.59 Å². The lowest BCUT2D eigenvalue weighted by Gasteiger charge is -2.32. The molecule has 1 unspecified atom stereocenters. The van der Waals surface area contributed by atoms with Crippen molar-refractivity contribution in [1.82, 2.24) is 9.80 Å². The van der Waals surface area contributed by atoms with Crippen molar-refractivity contribution < 1.29 is 19.1 Å². The fourth-order valence-electron chi connectivity index (χ4n) is 3.76. The second kappa shape index (κ2) is 10.0. The number of thioether (sulfide) groups is 1. The first-order valence-corrected chi connectivity index (χ1v) is 11.8. The van der Waals surface area contributed by atoms with Gasteiger partial charge >= 0.3 is 0 Å². The van der Waals surface area contributed by atoms with Gasteiger partial charge in [-0.25, -0.2) is 0 Å². The number of rotatable bonds is 5. The van der Waals surface area contributed by atoms with Crippen molar-refractivity contribution in [3.63, 3.8) is 0 Å². The largest absolute Gasteiger partial charge is 0.495 e. The summed E-state index contributed by atoms with van der Waals surface area (Å²) in [6.07, 6.45) is -0.0294. The number of carbonyl (C=O) groups excluding carboxylic acids is 3. The monoisotopic (exact) mass is 488 g/mol. The van der Waals surface area contributed by atoms with Gasteiger partial charge in [-0.05, 0) is 43.4 Å². The van der Waals surface area contributed by atoms with Crippen molar-refractivity contribution in [1.29, 1.82) is 0 Å². The van der Waals surface area contributed by atoms with E-state index in [0.717, 1.165) is 18.0 Å². The smallest absolute Gasteiger partial charge is 0.254 e. The van der Waals surface area contributed by atoms with Crippen molar-refractivity contribution in [2.24, 2.45) is 0 Å². The number of hydrogen-bond acceptors (Lipinski definition) is 6. The van der Waals surface area contributed by atoms with E-state index < -0.39 is 5.25 Å². The molecule has 1 fully saturated rings. The van der Waals surface area contributed by atoms with E-state index in [2.05, 4.69) is 15.5 Å². The van der Waals surface area contributed by atoms with E-state index in [-0.39, 0.29) is 24.1 Å². The Balaban J connectivity index is 1.45. The van der Waals surface area contributed by atoms with Gasteiger partial charge in [0.1, 0.15) is 5.75 Å². The minimum atomic E-state index is -0.583. The van der Waals surface area contributed by atoms with Gasteiger partial charge in [-0.2, -0.15) is 0 Å². The first-order chi connectivity index (χ1) is 15.8. The Morgan fingerprint density at radius 2 is 1.94 bits per heavy atom. The lowest BCUT2D eigenvalue weighted by molar-refractivity contribution is -0.120. The topological polar surface area (TPSA) is 91.0 Å². The highest BCUT2D eigenvalue weighted by Crippen LogP contribution is 2.38. The number of nitrogens with zero attached hydrogens (tertiary/aromatic N) is 2. The van der Waals surface area contributed by atoms with Crippen LogP contribution in [0.2, 0.25) is 5.02 Å². The van der Waals surface area contributed by atoms with Gasteiger partial charge in [0, 0.05) is 48.1 Å². The van der Waals surface area contributed by atoms with Gasteiger partial charge in [-0.3, -0.25) is 14.4 Å². The first-order valence-electron chi connectivity index (χ1n) is 10.6. The SMILES string of the molecule is COc1ccc(C(=O)N2CCN(C)CC2)cc1NC(=O)CC1Sc2ccc(Cl)cc2NC1=O. The number of carbonyl (C=O) groups is 3. The first kappa shape index (κ1) is 23.4. The van der Waals surface area contributed by atoms with Gasteiger partial charge in [-0.15, -0.1) is 11.8 Å². The number of nitrogens with one attached hydrogen (secondary N) is 2. The third kappa shape index (κ3) is 5.43. The molecule has 2 aromatic rings. The van der Waals surface area contributed by atoms with E-state index in [0.29, 0.717) is 40.8 Å². The number of piperazine rings is 1. The number of hydrogen-bond donors (Lipinski definition) is 2. The summed E-state index contributed by atoms with van der Waals surface area (Å²) in [7, 11) is 3.53. The zero-order valence-corrected chi connectivity index (χ0v) is 20.0. The van der Waals surface area contributed by atoms with Crippen molar-refractivity contribution in [3.05, 3.63) is 47.0 Å². The molecule has 2 aliphatic heterocycles. The molecule has 0 spiro atoms. The Hall–Kier alpha value is -2.75. The number of likely N-dealkylation sites (N-methyl/N-ethyl adjacent to an activating group) is 1. The summed E-state index contributed by atoms with van der Waals surface area (Å²) in [6, 6.07) is 10.2. The average Bonchev–Trinajstić information content (AvgIpc) is 2.79. The quantitative estimate of drug-likeness (QED) is 0.671. The van der Waals surface area contributed by atoms with E-state index in [9.17, 15) is 14.4 Å². The maximum atomic E-state index is 12.9. The van der Waals surface area contributed by atoms with Gasteiger partial charge in [-0.1, -0.05) is 11.6 Å². The van der Waals surface area contributed by atoms with Gasteiger partial charge < -0.3 is 25.2 Å². The second-order valence-electron chi connectivity index (χ2n) is 8.00. The molecule has 0 aromatic heterocycles. The van der Waals surface area contributed by atoms with E-state index in [1.54, 1.807) is 35.2 Å². The van der Waals surface area contributed by atoms with Gasteiger partial charge in [0.05, 0.1) is 23.7 Å². The van der Waals surface area contributed by atoms with Crippen molar-refractivity contribution >= 4 is 52.5 Å². The molecule has 3 amide bonds. The molecule has 0 radical (unpaired) electrons. The van der Waals surface area contributed by atoms with Crippen LogP contribution >= 0.6 is 23.4 Å². The van der Waals surface area contributed by atoms with Crippen LogP contribution in [0.3, 0.4) is 0 Å². The molecule has 8 nitrogen and oxygen atoms in total. The van der Waals surface area contributed by atoms with Gasteiger partial charge in [0.15, 0.2) is 0 Å². The Morgan fingerprint density at radius 1 is 1.18 bits per heavy atom. The van der Waals surface area contributed by atoms with Crippen LogP contribution in [0, 0.1) is 0 Å². The number of ether oxygens (including phenoxy) is 1. The van der Waals surface area contributed by atoms with Crippen LogP contribution in [0.1, 0.15) is 16.8 Å². The highest BCUT2D eigenvalue weighted by atomic mass is 35.5. The fourth-order valence-corrected chi connectivity index (χ4v) is 5.02. The van der Waals surface area contributed by atoms with Crippen LogP contribution in [0.25, 0.3) is 0 Å². The number of amides is 3. The maximum Gasteiger partial charge on any atom is 0.254 e.